The lowest BCUT2D eigenvalue weighted by molar-refractivity contribution is -0.274. The van der Waals surface area contributed by atoms with Crippen molar-refractivity contribution in [3.63, 3.8) is 0 Å². The van der Waals surface area contributed by atoms with Gasteiger partial charge in [0, 0.05) is 0 Å². The number of alkyl halides is 7. The van der Waals surface area contributed by atoms with E-state index in [0.717, 1.165) is 24.3 Å². The molecule has 2 rings (SSSR count). The molecule has 0 bridgehead atoms. The summed E-state index contributed by atoms with van der Waals surface area (Å²) in [5.41, 5.74) is 6.77. The first-order valence-corrected chi connectivity index (χ1v) is 7.04. The van der Waals surface area contributed by atoms with Crippen LogP contribution in [-0.4, -0.2) is 18.9 Å². The van der Waals surface area contributed by atoms with Gasteiger partial charge in [-0.05, 0) is 35.4 Å². The maximum absolute atomic E-state index is 12.8. The Morgan fingerprint density at radius 3 is 1.42 bits per heavy atom. The Labute approximate surface area is 143 Å². The fourth-order valence-electron chi connectivity index (χ4n) is 2.01. The zero-order valence-corrected chi connectivity index (χ0v) is 12.8. The molecular weight excluding hydrogens is 371 g/mol. The minimum atomic E-state index is -4.82. The summed E-state index contributed by atoms with van der Waals surface area (Å²) in [7, 11) is 0. The fraction of sp³-hybridized carbons (Fsp3) is 0.250. The average molecular weight is 383 g/mol. The van der Waals surface area contributed by atoms with E-state index in [0.29, 0.717) is 11.1 Å². The SMILES string of the molecule is N[C@@H](c1ccc(OC(F)(F)F)cc1)c1ccc(OC(F)(F)C(F)F)cc1. The first-order valence-electron chi connectivity index (χ1n) is 7.04. The molecule has 0 amide bonds. The van der Waals surface area contributed by atoms with Gasteiger partial charge >= 0.3 is 18.9 Å². The van der Waals surface area contributed by atoms with Gasteiger partial charge in [-0.3, -0.25) is 0 Å². The van der Waals surface area contributed by atoms with Crippen molar-refractivity contribution >= 4 is 0 Å². The Hall–Kier alpha value is -2.49. The number of halogens is 7. The number of hydrogen-bond acceptors (Lipinski definition) is 3. The molecule has 0 radical (unpaired) electrons. The summed E-state index contributed by atoms with van der Waals surface area (Å²) in [5.74, 6) is -0.911. The molecule has 26 heavy (non-hydrogen) atoms. The number of nitrogens with two attached hydrogens (primary N) is 1. The van der Waals surface area contributed by atoms with Gasteiger partial charge < -0.3 is 15.2 Å². The largest absolute Gasteiger partial charge is 0.573 e. The second-order valence-electron chi connectivity index (χ2n) is 5.13. The second-order valence-corrected chi connectivity index (χ2v) is 5.13. The van der Waals surface area contributed by atoms with Gasteiger partial charge in [-0.1, -0.05) is 24.3 Å². The van der Waals surface area contributed by atoms with Gasteiger partial charge in [0.1, 0.15) is 11.5 Å². The van der Waals surface area contributed by atoms with Crippen molar-refractivity contribution in [1.29, 1.82) is 0 Å². The second kappa shape index (κ2) is 7.40. The molecule has 0 unspecified atom stereocenters. The van der Waals surface area contributed by atoms with E-state index in [2.05, 4.69) is 9.47 Å². The molecular formula is C16H12F7NO2. The molecule has 2 aromatic rings. The van der Waals surface area contributed by atoms with Crippen LogP contribution in [0, 0.1) is 0 Å². The standard InChI is InChI=1S/C16H12F7NO2/c17-14(18)15(19,20)25-11-5-1-9(2-6-11)13(24)10-3-7-12(8-4-10)26-16(21,22)23/h1-8,13-14H,24H2/t13-/m1/s1. The van der Waals surface area contributed by atoms with E-state index < -0.39 is 36.4 Å². The van der Waals surface area contributed by atoms with E-state index in [4.69, 9.17) is 5.73 Å². The fourth-order valence-corrected chi connectivity index (χ4v) is 2.01. The van der Waals surface area contributed by atoms with Crippen LogP contribution in [0.25, 0.3) is 0 Å². The Bertz CT molecular complexity index is 715. The smallest absolute Gasteiger partial charge is 0.428 e. The van der Waals surface area contributed by atoms with Crippen molar-refractivity contribution in [2.45, 2.75) is 24.9 Å². The molecule has 2 N–H and O–H groups in total. The molecule has 0 saturated carbocycles. The highest BCUT2D eigenvalue weighted by molar-refractivity contribution is 5.37. The van der Waals surface area contributed by atoms with Crippen LogP contribution in [0.3, 0.4) is 0 Å². The third-order valence-electron chi connectivity index (χ3n) is 3.22. The zero-order valence-electron chi connectivity index (χ0n) is 12.8. The Morgan fingerprint density at radius 1 is 0.692 bits per heavy atom. The van der Waals surface area contributed by atoms with Gasteiger partial charge in [0.15, 0.2) is 0 Å². The van der Waals surface area contributed by atoms with Gasteiger partial charge in [0.05, 0.1) is 6.04 Å². The third kappa shape index (κ3) is 5.25. The van der Waals surface area contributed by atoms with Gasteiger partial charge in [-0.25, -0.2) is 0 Å². The molecule has 0 aliphatic heterocycles. The van der Waals surface area contributed by atoms with E-state index >= 15 is 0 Å². The van der Waals surface area contributed by atoms with Crippen molar-refractivity contribution in [1.82, 2.24) is 0 Å². The van der Waals surface area contributed by atoms with E-state index in [1.807, 2.05) is 0 Å². The van der Waals surface area contributed by atoms with Crippen LogP contribution in [0.4, 0.5) is 30.7 Å². The highest BCUT2D eigenvalue weighted by Crippen LogP contribution is 2.30. The molecule has 10 heteroatoms. The van der Waals surface area contributed by atoms with Crippen LogP contribution in [0.5, 0.6) is 11.5 Å². The molecule has 0 aliphatic rings. The highest BCUT2D eigenvalue weighted by Gasteiger charge is 2.43. The molecule has 0 fully saturated rings. The van der Waals surface area contributed by atoms with Gasteiger partial charge in [0.2, 0.25) is 0 Å². The predicted octanol–water partition coefficient (Wildman–Crippen LogP) is 4.87. The average Bonchev–Trinajstić information content (AvgIpc) is 2.53. The molecule has 0 aromatic heterocycles. The molecule has 142 valence electrons. The van der Waals surface area contributed by atoms with Crippen molar-refractivity contribution in [2.24, 2.45) is 5.73 Å². The van der Waals surface area contributed by atoms with E-state index in [9.17, 15) is 30.7 Å². The zero-order chi connectivity index (χ0) is 19.5. The van der Waals surface area contributed by atoms with Crippen LogP contribution >= 0.6 is 0 Å². The summed E-state index contributed by atoms with van der Waals surface area (Å²) >= 11 is 0. The summed E-state index contributed by atoms with van der Waals surface area (Å²) < 4.78 is 93.8. The Morgan fingerprint density at radius 2 is 1.08 bits per heavy atom. The monoisotopic (exact) mass is 383 g/mol. The number of benzene rings is 2. The maximum atomic E-state index is 12.8. The van der Waals surface area contributed by atoms with Crippen LogP contribution in [0.15, 0.2) is 48.5 Å². The number of ether oxygens (including phenoxy) is 2. The number of hydrogen-bond donors (Lipinski definition) is 1. The predicted molar refractivity (Wildman–Crippen MR) is 77.2 cm³/mol. The minimum Gasteiger partial charge on any atom is -0.428 e. The van der Waals surface area contributed by atoms with Crippen molar-refractivity contribution in [3.05, 3.63) is 59.7 Å². The van der Waals surface area contributed by atoms with Crippen LogP contribution < -0.4 is 15.2 Å². The maximum Gasteiger partial charge on any atom is 0.573 e. The summed E-state index contributed by atoms with van der Waals surface area (Å²) in [6.07, 6.45) is -13.4. The van der Waals surface area contributed by atoms with Crippen molar-refractivity contribution in [3.8, 4) is 11.5 Å². The summed E-state index contributed by atoms with van der Waals surface area (Å²) in [6, 6.07) is 8.59. The topological polar surface area (TPSA) is 44.5 Å². The lowest BCUT2D eigenvalue weighted by Crippen LogP contribution is -2.33. The molecule has 0 spiro atoms. The molecule has 1 atom stereocenters. The first-order chi connectivity index (χ1) is 12.0. The van der Waals surface area contributed by atoms with Gasteiger partial charge in [-0.2, -0.15) is 17.6 Å². The molecule has 0 heterocycles. The molecule has 2 aromatic carbocycles. The van der Waals surface area contributed by atoms with Crippen LogP contribution in [0.2, 0.25) is 0 Å². The summed E-state index contributed by atoms with van der Waals surface area (Å²) in [6.45, 7) is 0. The van der Waals surface area contributed by atoms with Crippen molar-refractivity contribution < 1.29 is 40.2 Å². The van der Waals surface area contributed by atoms with E-state index in [1.54, 1.807) is 0 Å². The van der Waals surface area contributed by atoms with E-state index in [1.165, 1.54) is 24.3 Å². The number of rotatable bonds is 6. The van der Waals surface area contributed by atoms with Crippen molar-refractivity contribution in [2.75, 3.05) is 0 Å². The summed E-state index contributed by atoms with van der Waals surface area (Å²) in [4.78, 5) is 0. The van der Waals surface area contributed by atoms with Crippen LogP contribution in [0.1, 0.15) is 17.2 Å². The minimum absolute atomic E-state index is 0.405. The Balaban J connectivity index is 2.09. The molecule has 0 aliphatic carbocycles. The molecule has 3 nitrogen and oxygen atoms in total. The van der Waals surface area contributed by atoms with Gasteiger partial charge in [-0.15, -0.1) is 13.2 Å². The lowest BCUT2D eigenvalue weighted by atomic mass is 9.99. The molecule has 0 saturated heterocycles. The van der Waals surface area contributed by atoms with Gasteiger partial charge in [0.25, 0.3) is 0 Å². The normalized spacial score (nSPS) is 13.6. The third-order valence-corrected chi connectivity index (χ3v) is 3.22. The quantitative estimate of drug-likeness (QED) is 0.724. The first kappa shape index (κ1) is 19.8. The Kier molecular flexibility index (Phi) is 5.65. The van der Waals surface area contributed by atoms with Crippen LogP contribution in [-0.2, 0) is 0 Å². The summed E-state index contributed by atoms with van der Waals surface area (Å²) in [5, 5.41) is 0. The lowest BCUT2D eigenvalue weighted by Gasteiger charge is -2.18. The highest BCUT2D eigenvalue weighted by atomic mass is 19.4. The van der Waals surface area contributed by atoms with E-state index in [-0.39, 0.29) is 0 Å².